The van der Waals surface area contributed by atoms with Crippen LogP contribution in [0.2, 0.25) is 0 Å². The summed E-state index contributed by atoms with van der Waals surface area (Å²) in [7, 11) is 5.08. The molecule has 2 N–H and O–H groups in total. The van der Waals surface area contributed by atoms with Crippen molar-refractivity contribution in [2.24, 2.45) is 0 Å². The van der Waals surface area contributed by atoms with E-state index in [4.69, 9.17) is 21.7 Å². The van der Waals surface area contributed by atoms with E-state index in [-0.39, 0.29) is 11.9 Å². The SMILES string of the molecule is COc1ccc(OC[C@@H](C)NC(=S)Nc2ccc(C(=O)N(C)C)cc2)cc1. The van der Waals surface area contributed by atoms with E-state index in [0.29, 0.717) is 17.3 Å². The molecule has 2 rings (SSSR count). The zero-order valence-electron chi connectivity index (χ0n) is 16.0. The fourth-order valence-corrected chi connectivity index (χ4v) is 2.60. The van der Waals surface area contributed by atoms with E-state index in [2.05, 4.69) is 10.6 Å². The van der Waals surface area contributed by atoms with Crippen LogP contribution < -0.4 is 20.1 Å². The van der Waals surface area contributed by atoms with Crippen molar-refractivity contribution in [2.45, 2.75) is 13.0 Å². The fraction of sp³-hybridized carbons (Fsp3) is 0.300. The van der Waals surface area contributed by atoms with Gasteiger partial charge in [0.05, 0.1) is 13.2 Å². The first-order valence-corrected chi connectivity index (χ1v) is 8.96. The zero-order chi connectivity index (χ0) is 19.8. The smallest absolute Gasteiger partial charge is 0.253 e. The number of anilines is 1. The van der Waals surface area contributed by atoms with E-state index in [1.54, 1.807) is 38.2 Å². The van der Waals surface area contributed by atoms with Crippen LogP contribution in [0.15, 0.2) is 48.5 Å². The Kier molecular flexibility index (Phi) is 7.43. The maximum absolute atomic E-state index is 11.9. The summed E-state index contributed by atoms with van der Waals surface area (Å²) >= 11 is 5.33. The number of nitrogens with zero attached hydrogens (tertiary/aromatic N) is 1. The molecule has 1 amide bonds. The Balaban J connectivity index is 1.79. The Labute approximate surface area is 165 Å². The maximum Gasteiger partial charge on any atom is 0.253 e. The van der Waals surface area contributed by atoms with E-state index in [0.717, 1.165) is 17.2 Å². The van der Waals surface area contributed by atoms with E-state index in [9.17, 15) is 4.79 Å². The third-order valence-electron chi connectivity index (χ3n) is 3.73. The Hall–Kier alpha value is -2.80. The van der Waals surface area contributed by atoms with Crippen LogP contribution in [-0.2, 0) is 0 Å². The number of amides is 1. The molecule has 0 fully saturated rings. The minimum atomic E-state index is -0.0356. The summed E-state index contributed by atoms with van der Waals surface area (Å²) in [4.78, 5) is 13.4. The lowest BCUT2D eigenvalue weighted by molar-refractivity contribution is 0.0827. The molecule has 0 aliphatic carbocycles. The van der Waals surface area contributed by atoms with Crippen molar-refractivity contribution in [3.63, 3.8) is 0 Å². The van der Waals surface area contributed by atoms with Gasteiger partial charge >= 0.3 is 0 Å². The van der Waals surface area contributed by atoms with E-state index in [1.165, 1.54) is 0 Å². The molecule has 0 unspecified atom stereocenters. The second kappa shape index (κ2) is 9.78. The Morgan fingerprint density at radius 2 is 1.67 bits per heavy atom. The van der Waals surface area contributed by atoms with Gasteiger partial charge in [0, 0.05) is 25.3 Å². The van der Waals surface area contributed by atoms with Gasteiger partial charge in [-0.25, -0.2) is 0 Å². The highest BCUT2D eigenvalue weighted by atomic mass is 32.1. The van der Waals surface area contributed by atoms with Crippen molar-refractivity contribution >= 4 is 28.9 Å². The van der Waals surface area contributed by atoms with Crippen LogP contribution in [0.25, 0.3) is 0 Å². The molecule has 7 heteroatoms. The van der Waals surface area contributed by atoms with Crippen LogP contribution in [-0.4, -0.2) is 49.8 Å². The molecule has 0 aromatic heterocycles. The van der Waals surface area contributed by atoms with Crippen molar-refractivity contribution in [3.05, 3.63) is 54.1 Å². The molecule has 6 nitrogen and oxygen atoms in total. The predicted octanol–water partition coefficient (Wildman–Crippen LogP) is 3.15. The van der Waals surface area contributed by atoms with Crippen molar-refractivity contribution in [1.82, 2.24) is 10.2 Å². The molecular weight excluding hydrogens is 362 g/mol. The molecule has 2 aromatic carbocycles. The lowest BCUT2D eigenvalue weighted by Crippen LogP contribution is -2.39. The predicted molar refractivity (Wildman–Crippen MR) is 112 cm³/mol. The zero-order valence-corrected chi connectivity index (χ0v) is 16.8. The Morgan fingerprint density at radius 3 is 2.22 bits per heavy atom. The molecule has 0 saturated carbocycles. The van der Waals surface area contributed by atoms with Crippen molar-refractivity contribution in [3.8, 4) is 11.5 Å². The lowest BCUT2D eigenvalue weighted by Gasteiger charge is -2.18. The summed E-state index contributed by atoms with van der Waals surface area (Å²) in [5, 5.41) is 6.77. The fourth-order valence-electron chi connectivity index (χ4n) is 2.28. The van der Waals surface area contributed by atoms with E-state index >= 15 is 0 Å². The van der Waals surface area contributed by atoms with Crippen LogP contribution in [0.3, 0.4) is 0 Å². The number of methoxy groups -OCH3 is 1. The third kappa shape index (κ3) is 6.45. The molecule has 0 aliphatic heterocycles. The average Bonchev–Trinajstić information content (AvgIpc) is 2.66. The summed E-state index contributed by atoms with van der Waals surface area (Å²) in [6.45, 7) is 2.45. The van der Waals surface area contributed by atoms with E-state index < -0.39 is 0 Å². The quantitative estimate of drug-likeness (QED) is 0.712. The largest absolute Gasteiger partial charge is 0.497 e. The van der Waals surface area contributed by atoms with Gasteiger partial charge in [0.25, 0.3) is 5.91 Å². The summed E-state index contributed by atoms with van der Waals surface area (Å²) in [6, 6.07) is 14.6. The average molecular weight is 388 g/mol. The highest BCUT2D eigenvalue weighted by molar-refractivity contribution is 7.80. The normalized spacial score (nSPS) is 11.3. The van der Waals surface area contributed by atoms with Crippen LogP contribution >= 0.6 is 12.2 Å². The summed E-state index contributed by atoms with van der Waals surface area (Å²) in [6.07, 6.45) is 0. The van der Waals surface area contributed by atoms with Crippen molar-refractivity contribution < 1.29 is 14.3 Å². The molecule has 144 valence electrons. The summed E-state index contributed by atoms with van der Waals surface area (Å²) in [5.74, 6) is 1.52. The van der Waals surface area contributed by atoms with Crippen LogP contribution in [0.1, 0.15) is 17.3 Å². The van der Waals surface area contributed by atoms with Crippen LogP contribution in [0.5, 0.6) is 11.5 Å². The second-order valence-corrected chi connectivity index (χ2v) is 6.67. The van der Waals surface area contributed by atoms with Gasteiger partial charge in [-0.05, 0) is 67.7 Å². The standard InChI is InChI=1S/C20H25N3O3S/c1-14(13-26-18-11-9-17(25-4)10-12-18)21-20(27)22-16-7-5-15(6-8-16)19(24)23(2)3/h5-12,14H,13H2,1-4H3,(H2,21,22,27)/t14-/m1/s1. The number of carbonyl (C=O) groups excluding carboxylic acids is 1. The minimum Gasteiger partial charge on any atom is -0.497 e. The van der Waals surface area contributed by atoms with Gasteiger partial charge in [-0.2, -0.15) is 0 Å². The number of hydrogen-bond acceptors (Lipinski definition) is 4. The highest BCUT2D eigenvalue weighted by Crippen LogP contribution is 2.17. The minimum absolute atomic E-state index is 0.0155. The number of ether oxygens (including phenoxy) is 2. The number of thiocarbonyl (C=S) groups is 1. The molecule has 27 heavy (non-hydrogen) atoms. The Morgan fingerprint density at radius 1 is 1.07 bits per heavy atom. The third-order valence-corrected chi connectivity index (χ3v) is 3.95. The molecule has 0 heterocycles. The van der Waals surface area contributed by atoms with Crippen molar-refractivity contribution in [1.29, 1.82) is 0 Å². The summed E-state index contributed by atoms with van der Waals surface area (Å²) in [5.41, 5.74) is 1.44. The first kappa shape index (κ1) is 20.5. The van der Waals surface area contributed by atoms with Gasteiger partial charge in [0.1, 0.15) is 18.1 Å². The first-order chi connectivity index (χ1) is 12.9. The van der Waals surface area contributed by atoms with Gasteiger partial charge in [0.15, 0.2) is 5.11 Å². The highest BCUT2D eigenvalue weighted by Gasteiger charge is 2.09. The molecular formula is C20H25N3O3S. The summed E-state index contributed by atoms with van der Waals surface area (Å²) < 4.78 is 10.9. The topological polar surface area (TPSA) is 62.8 Å². The van der Waals surface area contributed by atoms with Gasteiger partial charge < -0.3 is 25.0 Å². The molecule has 0 bridgehead atoms. The van der Waals surface area contributed by atoms with Gasteiger partial charge in [-0.15, -0.1) is 0 Å². The number of carbonyl (C=O) groups is 1. The molecule has 0 radical (unpaired) electrons. The number of rotatable bonds is 7. The van der Waals surface area contributed by atoms with Crippen LogP contribution in [0.4, 0.5) is 5.69 Å². The van der Waals surface area contributed by atoms with E-state index in [1.807, 2.05) is 43.3 Å². The first-order valence-electron chi connectivity index (χ1n) is 8.55. The second-order valence-electron chi connectivity index (χ2n) is 6.26. The number of benzene rings is 2. The Bertz CT molecular complexity index is 761. The molecule has 0 spiro atoms. The lowest BCUT2D eigenvalue weighted by atomic mass is 10.2. The van der Waals surface area contributed by atoms with Gasteiger partial charge in [-0.1, -0.05) is 0 Å². The van der Waals surface area contributed by atoms with Crippen molar-refractivity contribution in [2.75, 3.05) is 33.1 Å². The molecule has 2 aromatic rings. The number of hydrogen-bond donors (Lipinski definition) is 2. The van der Waals surface area contributed by atoms with Crippen LogP contribution in [0, 0.1) is 0 Å². The number of nitrogens with one attached hydrogen (secondary N) is 2. The maximum atomic E-state index is 11.9. The molecule has 0 saturated heterocycles. The van der Waals surface area contributed by atoms with Gasteiger partial charge in [-0.3, -0.25) is 4.79 Å². The molecule has 1 atom stereocenters. The monoisotopic (exact) mass is 387 g/mol. The molecule has 0 aliphatic rings. The van der Waals surface area contributed by atoms with Gasteiger partial charge in [0.2, 0.25) is 0 Å².